The average molecular weight is 1480 g/mol. The summed E-state index contributed by atoms with van der Waals surface area (Å²) >= 11 is 0. The molecule has 14 rings (SSSR count). The van der Waals surface area contributed by atoms with Crippen LogP contribution >= 0.6 is 0 Å². The molecule has 0 fully saturated rings. The van der Waals surface area contributed by atoms with Crippen LogP contribution in [-0.2, 0) is 16.5 Å². The summed E-state index contributed by atoms with van der Waals surface area (Å²) in [5, 5.41) is 44.2. The Morgan fingerprint density at radius 1 is 0.294 bits per heavy atom. The van der Waals surface area contributed by atoms with Crippen LogP contribution < -0.4 is 33.0 Å². The van der Waals surface area contributed by atoms with Crippen molar-refractivity contribution in [1.29, 1.82) is 0 Å². The first kappa shape index (κ1) is 73.9. The van der Waals surface area contributed by atoms with Gasteiger partial charge in [0.2, 0.25) is 0 Å². The van der Waals surface area contributed by atoms with Gasteiger partial charge in [-0.1, -0.05) is 278 Å². The van der Waals surface area contributed by atoms with Crippen molar-refractivity contribution in [3.05, 3.63) is 412 Å². The zero-order valence-corrected chi connectivity index (χ0v) is 58.8. The number of nitrogens with zero attached hydrogens (tertiary/aromatic N) is 12. The molecule has 23 heteroatoms. The van der Waals surface area contributed by atoms with E-state index in [1.165, 1.54) is 49.6 Å². The smallest absolute Gasteiger partial charge is 0.872 e. The molecule has 109 heavy (non-hydrogen) atoms. The fourth-order valence-corrected chi connectivity index (χ4v) is 11.6. The molecule has 0 unspecified atom stereocenters. The first-order valence-corrected chi connectivity index (χ1v) is 33.5. The van der Waals surface area contributed by atoms with E-state index in [1.807, 2.05) is 24.3 Å². The number of aryl methyl sites for hydroxylation is 2. The average Bonchev–Trinajstić information content (AvgIpc) is 0.803. The minimum absolute atomic E-state index is 0. The molecule has 532 valence electrons. The summed E-state index contributed by atoms with van der Waals surface area (Å²) in [6.07, 6.45) is 10.0. The molecule has 0 aliphatic carbocycles. The maximum atomic E-state index is 13.6. The summed E-state index contributed by atoms with van der Waals surface area (Å²) in [5.74, 6) is -2.45. The third-order valence-corrected chi connectivity index (χ3v) is 16.8. The number of hydrogen-bond donors (Lipinski definition) is 0. The van der Waals surface area contributed by atoms with E-state index >= 15 is 0 Å². The van der Waals surface area contributed by atoms with Crippen molar-refractivity contribution in [3.63, 3.8) is 0 Å². The topological polar surface area (TPSA) is 303 Å². The molecule has 0 atom stereocenters. The molecule has 0 saturated heterocycles. The molecule has 0 saturated carbocycles. The van der Waals surface area contributed by atoms with Gasteiger partial charge in [0, 0.05) is 69.3 Å². The van der Waals surface area contributed by atoms with Gasteiger partial charge in [0.1, 0.15) is 0 Å². The molecule has 0 bridgehead atoms. The van der Waals surface area contributed by atoms with Gasteiger partial charge in [-0.3, -0.25) is 19.2 Å². The normalized spacial score (nSPS) is 11.2. The van der Waals surface area contributed by atoms with E-state index in [2.05, 4.69) is 40.3 Å². The number of aromatic nitrogens is 8. The second-order valence-electron chi connectivity index (χ2n) is 24.3. The Labute approximate surface area is 631 Å². The first-order chi connectivity index (χ1) is 52.5. The Hall–Kier alpha value is -14.8. The van der Waals surface area contributed by atoms with Gasteiger partial charge in [0.15, 0.2) is 23.1 Å². The molecule has 14 aromatic rings. The molecule has 0 spiro atoms. The fraction of sp³-hybridized carbons (Fsp3) is 0.0233. The van der Waals surface area contributed by atoms with Crippen LogP contribution in [0, 0.1) is 13.8 Å². The van der Waals surface area contributed by atoms with Crippen molar-refractivity contribution < 1.29 is 45.9 Å². The number of carbonyl (C=O) groups is 4. The molecule has 0 aliphatic rings. The van der Waals surface area contributed by atoms with Gasteiger partial charge in [-0.25, -0.2) is 19.2 Å². The van der Waals surface area contributed by atoms with E-state index in [4.69, 9.17) is 0 Å². The van der Waals surface area contributed by atoms with Gasteiger partial charge in [-0.05, 0) is 47.2 Å². The number of rotatable bonds is 20. The predicted molar refractivity (Wildman–Crippen MR) is 408 cm³/mol. The second kappa shape index (κ2) is 33.7. The van der Waals surface area contributed by atoms with Crippen LogP contribution in [-0.4, -0.2) is 86.6 Å². The van der Waals surface area contributed by atoms with Crippen LogP contribution in [0.15, 0.2) is 331 Å². The molecular formula is C86H58N12NiO10. The van der Waals surface area contributed by atoms with E-state index in [9.17, 15) is 48.6 Å². The van der Waals surface area contributed by atoms with Crippen molar-refractivity contribution in [2.75, 3.05) is 0 Å². The summed E-state index contributed by atoms with van der Waals surface area (Å²) in [6.45, 7) is 3.51. The van der Waals surface area contributed by atoms with Crippen molar-refractivity contribution in [2.45, 2.75) is 13.8 Å². The molecule has 0 amide bonds. The number of hydrogen-bond acceptors (Lipinski definition) is 18. The van der Waals surface area contributed by atoms with Crippen molar-refractivity contribution in [2.24, 2.45) is 20.4 Å². The van der Waals surface area contributed by atoms with E-state index < -0.39 is 34.3 Å². The Kier molecular flexibility index (Phi) is 22.9. The third kappa shape index (κ3) is 17.0. The Morgan fingerprint density at radius 3 is 0.651 bits per heavy atom. The third-order valence-electron chi connectivity index (χ3n) is 16.8. The first-order valence-electron chi connectivity index (χ1n) is 33.5. The van der Waals surface area contributed by atoms with E-state index in [1.54, 1.807) is 257 Å². The molecule has 0 radical (unpaired) electrons. The number of ketones is 4. The SMILES string of the molecule is Cc1cc(/C=N/n2cc(C(=O)c3ccccc3)c(-c3ccccc3)nc2=O)c([O-])c(/C=N/n2cc(C(=O)c3ccccc3)c(-c3ccccc3)nc2=O)c1.Cc1cc(/C=N/n2cc(C(=O)c3ccccc3)c(-c3ccccc3)nc2=O)c([O-])c(/C=N/n2cc(C(=O)c3ccccc3)c(-c3ccccc3)nc2=O)c1.[Ni+2]. The predicted octanol–water partition coefficient (Wildman–Crippen LogP) is 11.5. The summed E-state index contributed by atoms with van der Waals surface area (Å²) in [5.41, 5.74) is 4.01. The van der Waals surface area contributed by atoms with Crippen molar-refractivity contribution >= 4 is 48.0 Å². The van der Waals surface area contributed by atoms with Crippen molar-refractivity contribution in [1.82, 2.24) is 38.6 Å². The molecular weight excluding hydrogens is 1420 g/mol. The van der Waals surface area contributed by atoms with Gasteiger partial charge < -0.3 is 10.2 Å². The summed E-state index contributed by atoms with van der Waals surface area (Å²) in [7, 11) is 0. The summed E-state index contributed by atoms with van der Waals surface area (Å²) < 4.78 is 3.62. The summed E-state index contributed by atoms with van der Waals surface area (Å²) in [6, 6.07) is 76.2. The quantitative estimate of drug-likeness (QED) is 0.0389. The summed E-state index contributed by atoms with van der Waals surface area (Å²) in [4.78, 5) is 124. The van der Waals surface area contributed by atoms with Gasteiger partial charge in [0.05, 0.1) is 69.9 Å². The van der Waals surface area contributed by atoms with Gasteiger partial charge in [0.25, 0.3) is 0 Å². The van der Waals surface area contributed by atoms with E-state index in [0.29, 0.717) is 55.6 Å². The standard InChI is InChI=1S/2C43H30N6O5.Ni/c2*1-28-22-33(24-44-48-26-35(40(51)31-18-10-4-11-19-31)37(46-42(48)53)29-14-6-2-7-15-29)39(50)34(23-28)25-45-49-27-36(41(52)32-20-12-5-13-21-32)38(47-43(49)54)30-16-8-3-9-17-30;/h2*2-27,50H,1H3;/q;;+2/p-2/b2*44-24+,45-25+;. The number of benzene rings is 10. The van der Waals surface area contributed by atoms with Crippen LogP contribution in [0.4, 0.5) is 0 Å². The van der Waals surface area contributed by atoms with Gasteiger partial charge in [-0.15, -0.1) is 0 Å². The van der Waals surface area contributed by atoms with E-state index in [-0.39, 0.29) is 107 Å². The zero-order valence-electron chi connectivity index (χ0n) is 57.8. The number of carbonyl (C=O) groups excluding carboxylic acids is 4. The van der Waals surface area contributed by atoms with Crippen LogP contribution in [0.5, 0.6) is 11.5 Å². The molecule has 22 nitrogen and oxygen atoms in total. The molecule has 0 aliphatic heterocycles. The Bertz CT molecular complexity index is 5400. The molecule has 4 heterocycles. The Morgan fingerprint density at radius 2 is 0.468 bits per heavy atom. The molecule has 0 N–H and O–H groups in total. The zero-order chi connectivity index (χ0) is 75.2. The minimum Gasteiger partial charge on any atom is -0.872 e. The monoisotopic (exact) mass is 1480 g/mol. The fourth-order valence-electron chi connectivity index (χ4n) is 11.6. The largest absolute Gasteiger partial charge is 2.00 e. The maximum absolute atomic E-state index is 13.6. The minimum atomic E-state index is -0.761. The van der Waals surface area contributed by atoms with Crippen molar-refractivity contribution in [3.8, 4) is 56.5 Å². The van der Waals surface area contributed by atoms with Crippen LogP contribution in [0.3, 0.4) is 0 Å². The second-order valence-corrected chi connectivity index (χ2v) is 24.3. The van der Waals surface area contributed by atoms with E-state index in [0.717, 1.165) is 18.7 Å². The molecule has 10 aromatic carbocycles. The van der Waals surface area contributed by atoms with Gasteiger partial charge in [-0.2, -0.15) is 59.0 Å². The van der Waals surface area contributed by atoms with Crippen LogP contribution in [0.1, 0.15) is 97.1 Å². The molecule has 4 aromatic heterocycles. The maximum Gasteiger partial charge on any atom is 2.00 e. The van der Waals surface area contributed by atoms with Gasteiger partial charge >= 0.3 is 39.3 Å². The van der Waals surface area contributed by atoms with Crippen LogP contribution in [0.2, 0.25) is 0 Å². The Balaban J connectivity index is 0.000000201. The van der Waals surface area contributed by atoms with Crippen LogP contribution in [0.25, 0.3) is 45.0 Å².